The highest BCUT2D eigenvalue weighted by molar-refractivity contribution is 14.1. The lowest BCUT2D eigenvalue weighted by atomic mass is 9.91. The largest absolute Gasteiger partial charge is 0.490 e. The Balaban J connectivity index is 1.32. The maximum Gasteiger partial charge on any atom is 0.338 e. The summed E-state index contributed by atoms with van der Waals surface area (Å²) in [6, 6.07) is 31.6. The fourth-order valence-corrected chi connectivity index (χ4v) is 8.20. The molecule has 0 N–H and O–H groups in total. The number of aromatic nitrogens is 1. The quantitative estimate of drug-likeness (QED) is 0.111. The molecular weight excluding hydrogens is 747 g/mol. The molecule has 6 aromatic rings. The van der Waals surface area contributed by atoms with Gasteiger partial charge in [-0.05, 0) is 99.8 Å². The first-order chi connectivity index (χ1) is 23.9. The smallest absolute Gasteiger partial charge is 0.338 e. The van der Waals surface area contributed by atoms with E-state index in [-0.39, 0.29) is 12.2 Å². The van der Waals surface area contributed by atoms with Crippen molar-refractivity contribution in [2.75, 3.05) is 13.2 Å². The van der Waals surface area contributed by atoms with Gasteiger partial charge < -0.3 is 14.2 Å². The van der Waals surface area contributed by atoms with E-state index in [2.05, 4.69) is 46.9 Å². The summed E-state index contributed by atoms with van der Waals surface area (Å²) < 4.78 is 21.0. The van der Waals surface area contributed by atoms with Crippen molar-refractivity contribution < 1.29 is 19.0 Å². The molecule has 0 fully saturated rings. The van der Waals surface area contributed by atoms with Crippen LogP contribution in [-0.2, 0) is 16.1 Å². The summed E-state index contributed by atoms with van der Waals surface area (Å²) in [6.07, 6.45) is 1.85. The minimum atomic E-state index is -0.701. The molecule has 0 saturated heterocycles. The normalized spacial score (nSPS) is 14.5. The first-order valence-electron chi connectivity index (χ1n) is 16.1. The number of thiazole rings is 1. The van der Waals surface area contributed by atoms with Gasteiger partial charge in [0.05, 0.1) is 38.6 Å². The molecule has 0 saturated carbocycles. The summed E-state index contributed by atoms with van der Waals surface area (Å²) in [5, 5.41) is 4.28. The van der Waals surface area contributed by atoms with Crippen molar-refractivity contribution in [3.63, 3.8) is 0 Å². The van der Waals surface area contributed by atoms with E-state index in [0.29, 0.717) is 45.3 Å². The van der Waals surface area contributed by atoms with Crippen LogP contribution in [0.2, 0.25) is 0 Å². The average molecular weight is 781 g/mol. The van der Waals surface area contributed by atoms with Gasteiger partial charge in [0.1, 0.15) is 6.61 Å². The highest BCUT2D eigenvalue weighted by atomic mass is 127. The third-order valence-electron chi connectivity index (χ3n) is 8.52. The molecule has 0 aliphatic carbocycles. The van der Waals surface area contributed by atoms with Crippen LogP contribution >= 0.6 is 33.9 Å². The lowest BCUT2D eigenvalue weighted by molar-refractivity contribution is -0.139. The maximum atomic E-state index is 14.3. The minimum absolute atomic E-state index is 0.213. The van der Waals surface area contributed by atoms with Crippen LogP contribution in [0.1, 0.15) is 43.5 Å². The van der Waals surface area contributed by atoms with E-state index < -0.39 is 12.0 Å². The number of esters is 1. The highest BCUT2D eigenvalue weighted by Gasteiger charge is 2.34. The van der Waals surface area contributed by atoms with Gasteiger partial charge in [0.2, 0.25) is 0 Å². The molecule has 9 heteroatoms. The Morgan fingerprint density at radius 3 is 2.35 bits per heavy atom. The van der Waals surface area contributed by atoms with E-state index in [9.17, 15) is 9.59 Å². The van der Waals surface area contributed by atoms with Gasteiger partial charge in [-0.25, -0.2) is 9.79 Å². The molecule has 0 radical (unpaired) electrons. The molecule has 1 aromatic heterocycles. The molecule has 1 atom stereocenters. The Labute approximate surface area is 300 Å². The lowest BCUT2D eigenvalue weighted by Crippen LogP contribution is -2.40. The molecule has 5 aromatic carbocycles. The average Bonchev–Trinajstić information content (AvgIpc) is 3.40. The van der Waals surface area contributed by atoms with Crippen LogP contribution in [0.15, 0.2) is 118 Å². The van der Waals surface area contributed by atoms with E-state index >= 15 is 0 Å². The second-order valence-electron chi connectivity index (χ2n) is 11.6. The van der Waals surface area contributed by atoms with Crippen molar-refractivity contribution in [1.29, 1.82) is 0 Å². The van der Waals surface area contributed by atoms with Crippen LogP contribution in [0.25, 0.3) is 27.6 Å². The van der Waals surface area contributed by atoms with E-state index in [1.165, 1.54) is 11.3 Å². The zero-order chi connectivity index (χ0) is 34.1. The molecule has 1 aliphatic rings. The first-order valence-corrected chi connectivity index (χ1v) is 18.0. The molecule has 7 rings (SSSR count). The topological polar surface area (TPSA) is 79.1 Å². The summed E-state index contributed by atoms with van der Waals surface area (Å²) in [6.45, 7) is 6.55. The number of fused-ring (bicyclic) bond motifs is 3. The second kappa shape index (κ2) is 14.0. The summed E-state index contributed by atoms with van der Waals surface area (Å²) in [5.41, 5.74) is 3.37. The standard InChI is InChI=1S/C40H33IN2O5S/c1-4-46-33-21-25(20-32(41)37(33)48-23-28-16-10-14-26-12-6-8-17-29(26)28)22-34-38(44)43-36(31-19-11-15-27-13-7-9-18-30(27)31)35(39(45)47-5-2)24(3)42-40(43)49-34/h6-22,36H,4-5,23H2,1-3H3/b34-22+/t36-/m0/s1. The third-order valence-corrected chi connectivity index (χ3v) is 10.3. The number of ether oxygens (including phenoxy) is 3. The molecule has 7 nitrogen and oxygen atoms in total. The predicted octanol–water partition coefficient (Wildman–Crippen LogP) is 7.69. The van der Waals surface area contributed by atoms with Crippen LogP contribution < -0.4 is 24.4 Å². The summed E-state index contributed by atoms with van der Waals surface area (Å²) in [7, 11) is 0. The summed E-state index contributed by atoms with van der Waals surface area (Å²) in [5.74, 6) is 0.772. The van der Waals surface area contributed by atoms with Crippen LogP contribution in [0, 0.1) is 3.57 Å². The Bertz CT molecular complexity index is 2450. The van der Waals surface area contributed by atoms with Crippen LogP contribution in [0.5, 0.6) is 11.5 Å². The number of hydrogen-bond acceptors (Lipinski definition) is 7. The summed E-state index contributed by atoms with van der Waals surface area (Å²) in [4.78, 5) is 33.1. The Hall–Kier alpha value is -4.74. The van der Waals surface area contributed by atoms with Gasteiger partial charge in [-0.3, -0.25) is 9.36 Å². The third kappa shape index (κ3) is 6.28. The Morgan fingerprint density at radius 2 is 1.59 bits per heavy atom. The predicted molar refractivity (Wildman–Crippen MR) is 203 cm³/mol. The first kappa shape index (κ1) is 32.8. The number of carbonyl (C=O) groups is 1. The van der Waals surface area contributed by atoms with E-state index in [1.807, 2.05) is 85.8 Å². The van der Waals surface area contributed by atoms with E-state index in [1.54, 1.807) is 18.4 Å². The van der Waals surface area contributed by atoms with Gasteiger partial charge >= 0.3 is 5.97 Å². The Morgan fingerprint density at radius 1 is 0.898 bits per heavy atom. The van der Waals surface area contributed by atoms with E-state index in [0.717, 1.165) is 41.8 Å². The number of nitrogens with zero attached hydrogens (tertiary/aromatic N) is 2. The van der Waals surface area contributed by atoms with Gasteiger partial charge in [0, 0.05) is 0 Å². The van der Waals surface area contributed by atoms with Gasteiger partial charge in [-0.15, -0.1) is 0 Å². The fraction of sp³-hybridized carbons (Fsp3) is 0.175. The molecule has 1 aliphatic heterocycles. The monoisotopic (exact) mass is 780 g/mol. The maximum absolute atomic E-state index is 14.3. The highest BCUT2D eigenvalue weighted by Crippen LogP contribution is 2.37. The molecule has 246 valence electrons. The van der Waals surface area contributed by atoms with Crippen molar-refractivity contribution in [1.82, 2.24) is 4.57 Å². The van der Waals surface area contributed by atoms with Crippen LogP contribution in [-0.4, -0.2) is 23.8 Å². The summed E-state index contributed by atoms with van der Waals surface area (Å²) >= 11 is 3.55. The van der Waals surface area contributed by atoms with Gasteiger partial charge in [-0.2, -0.15) is 0 Å². The number of carbonyl (C=O) groups excluding carboxylic acids is 1. The number of benzene rings is 5. The van der Waals surface area contributed by atoms with Gasteiger partial charge in [0.25, 0.3) is 5.56 Å². The molecule has 0 amide bonds. The number of allylic oxidation sites excluding steroid dienone is 1. The van der Waals surface area contributed by atoms with Crippen molar-refractivity contribution in [3.8, 4) is 11.5 Å². The van der Waals surface area contributed by atoms with Crippen molar-refractivity contribution in [3.05, 3.63) is 148 Å². The molecule has 0 spiro atoms. The Kier molecular flexibility index (Phi) is 9.38. The number of rotatable bonds is 9. The molecular formula is C40H33IN2O5S. The molecule has 2 heterocycles. The molecule has 49 heavy (non-hydrogen) atoms. The zero-order valence-corrected chi connectivity index (χ0v) is 30.2. The van der Waals surface area contributed by atoms with Crippen molar-refractivity contribution >= 4 is 67.5 Å². The van der Waals surface area contributed by atoms with Gasteiger partial charge in [-0.1, -0.05) is 96.3 Å². The molecule has 0 unspecified atom stereocenters. The van der Waals surface area contributed by atoms with Crippen LogP contribution in [0.4, 0.5) is 0 Å². The van der Waals surface area contributed by atoms with Crippen molar-refractivity contribution in [2.45, 2.75) is 33.4 Å². The fourth-order valence-electron chi connectivity index (χ4n) is 6.37. The SMILES string of the molecule is CCOC(=O)C1=C(C)N=c2s/c(=C/c3cc(I)c(OCc4cccc5ccccc45)c(OCC)c3)c(=O)n2[C@H]1c1cccc2ccccc12. The number of hydrogen-bond donors (Lipinski definition) is 0. The number of halogens is 1. The van der Waals surface area contributed by atoms with Crippen molar-refractivity contribution in [2.24, 2.45) is 4.99 Å². The second-order valence-corrected chi connectivity index (χ2v) is 13.7. The minimum Gasteiger partial charge on any atom is -0.490 e. The van der Waals surface area contributed by atoms with Crippen LogP contribution in [0.3, 0.4) is 0 Å². The molecule has 0 bridgehead atoms. The lowest BCUT2D eigenvalue weighted by Gasteiger charge is -2.25. The van der Waals surface area contributed by atoms with E-state index in [4.69, 9.17) is 19.2 Å². The van der Waals surface area contributed by atoms with Gasteiger partial charge in [0.15, 0.2) is 16.3 Å². The zero-order valence-electron chi connectivity index (χ0n) is 27.2.